The van der Waals surface area contributed by atoms with E-state index in [9.17, 15) is 0 Å². The van der Waals surface area contributed by atoms with Crippen molar-refractivity contribution in [2.75, 3.05) is 6.54 Å². The van der Waals surface area contributed by atoms with Crippen LogP contribution < -0.4 is 5.32 Å². The number of aryl methyl sites for hydroxylation is 1. The molecule has 0 atom stereocenters. The lowest BCUT2D eigenvalue weighted by Gasteiger charge is -2.15. The SMILES string of the molecule is CCNCc1cccn1CCCCC(C)(C)C#N. The number of nitrogens with one attached hydrogen (secondary N) is 1. The van der Waals surface area contributed by atoms with Crippen LogP contribution in [0.1, 0.15) is 45.7 Å². The van der Waals surface area contributed by atoms with E-state index in [0.717, 1.165) is 38.9 Å². The van der Waals surface area contributed by atoms with Gasteiger partial charge in [-0.3, -0.25) is 0 Å². The Morgan fingerprint density at radius 2 is 2.17 bits per heavy atom. The van der Waals surface area contributed by atoms with Crippen molar-refractivity contribution in [3.8, 4) is 6.07 Å². The minimum atomic E-state index is -0.177. The molecule has 0 saturated carbocycles. The summed E-state index contributed by atoms with van der Waals surface area (Å²) in [5, 5.41) is 12.3. The molecule has 0 saturated heterocycles. The highest BCUT2D eigenvalue weighted by atomic mass is 15.0. The second-order valence-electron chi connectivity index (χ2n) is 5.43. The van der Waals surface area contributed by atoms with Crippen molar-refractivity contribution in [3.63, 3.8) is 0 Å². The molecule has 0 unspecified atom stereocenters. The summed E-state index contributed by atoms with van der Waals surface area (Å²) in [5.74, 6) is 0. The van der Waals surface area contributed by atoms with E-state index in [1.165, 1.54) is 5.69 Å². The van der Waals surface area contributed by atoms with Gasteiger partial charge < -0.3 is 9.88 Å². The molecular weight excluding hydrogens is 222 g/mol. The van der Waals surface area contributed by atoms with E-state index in [2.05, 4.69) is 41.2 Å². The maximum Gasteiger partial charge on any atom is 0.0683 e. The summed E-state index contributed by atoms with van der Waals surface area (Å²) in [4.78, 5) is 0. The van der Waals surface area contributed by atoms with E-state index in [4.69, 9.17) is 5.26 Å². The molecule has 1 heterocycles. The number of aromatic nitrogens is 1. The van der Waals surface area contributed by atoms with Gasteiger partial charge >= 0.3 is 0 Å². The van der Waals surface area contributed by atoms with Crippen LogP contribution in [0.5, 0.6) is 0 Å². The Kier molecular flexibility index (Phi) is 5.94. The van der Waals surface area contributed by atoms with E-state index in [0.29, 0.717) is 0 Å². The second kappa shape index (κ2) is 7.23. The number of nitrogens with zero attached hydrogens (tertiary/aromatic N) is 2. The molecule has 100 valence electrons. The van der Waals surface area contributed by atoms with Crippen LogP contribution in [0, 0.1) is 16.7 Å². The van der Waals surface area contributed by atoms with Crippen molar-refractivity contribution in [3.05, 3.63) is 24.0 Å². The quantitative estimate of drug-likeness (QED) is 0.716. The molecule has 0 radical (unpaired) electrons. The molecule has 0 aliphatic heterocycles. The first-order chi connectivity index (χ1) is 8.59. The average molecular weight is 247 g/mol. The largest absolute Gasteiger partial charge is 0.350 e. The third kappa shape index (κ3) is 4.93. The van der Waals surface area contributed by atoms with Crippen molar-refractivity contribution >= 4 is 0 Å². The van der Waals surface area contributed by atoms with E-state index in [1.54, 1.807) is 0 Å². The smallest absolute Gasteiger partial charge is 0.0683 e. The highest BCUT2D eigenvalue weighted by Gasteiger charge is 2.15. The van der Waals surface area contributed by atoms with Crippen LogP contribution in [0.15, 0.2) is 18.3 Å². The van der Waals surface area contributed by atoms with Crippen LogP contribution in [0.2, 0.25) is 0 Å². The van der Waals surface area contributed by atoms with Crippen LogP contribution >= 0.6 is 0 Å². The first kappa shape index (κ1) is 14.8. The zero-order chi connectivity index (χ0) is 13.4. The Labute approximate surface area is 111 Å². The number of hydrogen-bond acceptors (Lipinski definition) is 2. The molecule has 0 spiro atoms. The van der Waals surface area contributed by atoms with E-state index in [-0.39, 0.29) is 5.41 Å². The maximum atomic E-state index is 8.96. The molecule has 1 aromatic rings. The Balaban J connectivity index is 2.31. The van der Waals surface area contributed by atoms with Gasteiger partial charge in [-0.25, -0.2) is 0 Å². The molecule has 0 aromatic carbocycles. The zero-order valence-corrected chi connectivity index (χ0v) is 11.9. The van der Waals surface area contributed by atoms with Gasteiger partial charge in [0.2, 0.25) is 0 Å². The van der Waals surface area contributed by atoms with Crippen LogP contribution in [0.3, 0.4) is 0 Å². The Morgan fingerprint density at radius 1 is 1.39 bits per heavy atom. The van der Waals surface area contributed by atoms with Gasteiger partial charge in [0.05, 0.1) is 11.5 Å². The predicted octanol–water partition coefficient (Wildman–Crippen LogP) is 3.32. The molecule has 0 amide bonds. The van der Waals surface area contributed by atoms with Gasteiger partial charge in [-0.2, -0.15) is 5.26 Å². The fourth-order valence-electron chi connectivity index (χ4n) is 1.99. The van der Waals surface area contributed by atoms with E-state index < -0.39 is 0 Å². The molecule has 0 bridgehead atoms. The topological polar surface area (TPSA) is 40.8 Å². The van der Waals surface area contributed by atoms with Crippen LogP contribution in [-0.4, -0.2) is 11.1 Å². The number of rotatable bonds is 8. The molecule has 1 rings (SSSR count). The fraction of sp³-hybridized carbons (Fsp3) is 0.667. The summed E-state index contributed by atoms with van der Waals surface area (Å²) in [5.41, 5.74) is 1.17. The molecular formula is C15H25N3. The monoisotopic (exact) mass is 247 g/mol. The summed E-state index contributed by atoms with van der Waals surface area (Å²) < 4.78 is 2.31. The minimum absolute atomic E-state index is 0.177. The highest BCUT2D eigenvalue weighted by Crippen LogP contribution is 2.21. The number of unbranched alkanes of at least 4 members (excludes halogenated alkanes) is 1. The summed E-state index contributed by atoms with van der Waals surface area (Å²) in [7, 11) is 0. The molecule has 0 aliphatic rings. The predicted molar refractivity (Wildman–Crippen MR) is 75.1 cm³/mol. The maximum absolute atomic E-state index is 8.96. The molecule has 18 heavy (non-hydrogen) atoms. The lowest BCUT2D eigenvalue weighted by molar-refractivity contribution is 0.415. The van der Waals surface area contributed by atoms with Crippen molar-refractivity contribution in [1.82, 2.24) is 9.88 Å². The lowest BCUT2D eigenvalue weighted by atomic mass is 9.89. The molecule has 0 aliphatic carbocycles. The zero-order valence-electron chi connectivity index (χ0n) is 11.9. The molecule has 3 heteroatoms. The van der Waals surface area contributed by atoms with Crippen molar-refractivity contribution in [1.29, 1.82) is 5.26 Å². The van der Waals surface area contributed by atoms with Crippen LogP contribution in [-0.2, 0) is 13.1 Å². The third-order valence-electron chi connectivity index (χ3n) is 3.23. The number of hydrogen-bond donors (Lipinski definition) is 1. The summed E-state index contributed by atoms with van der Waals surface area (Å²) in [6.45, 7) is 9.14. The first-order valence-electron chi connectivity index (χ1n) is 6.85. The normalized spacial score (nSPS) is 11.4. The summed E-state index contributed by atoms with van der Waals surface area (Å²) in [6.07, 6.45) is 5.37. The summed E-state index contributed by atoms with van der Waals surface area (Å²) in [6, 6.07) is 6.63. The lowest BCUT2D eigenvalue weighted by Crippen LogP contribution is -2.15. The Hall–Kier alpha value is -1.27. The van der Waals surface area contributed by atoms with Crippen LogP contribution in [0.4, 0.5) is 0 Å². The van der Waals surface area contributed by atoms with Gasteiger partial charge in [-0.05, 0) is 45.4 Å². The molecule has 0 fully saturated rings. The summed E-state index contributed by atoms with van der Waals surface area (Å²) >= 11 is 0. The fourth-order valence-corrected chi connectivity index (χ4v) is 1.99. The number of nitriles is 1. The van der Waals surface area contributed by atoms with Gasteiger partial charge in [-0.1, -0.05) is 13.3 Å². The standard InChI is InChI=1S/C15H25N3/c1-4-17-12-14-8-7-11-18(14)10-6-5-9-15(2,3)13-16/h7-8,11,17H,4-6,9-10,12H2,1-3H3. The van der Waals surface area contributed by atoms with Gasteiger partial charge in [0.1, 0.15) is 0 Å². The van der Waals surface area contributed by atoms with Crippen molar-refractivity contribution in [2.24, 2.45) is 5.41 Å². The average Bonchev–Trinajstić information content (AvgIpc) is 2.79. The Bertz CT molecular complexity index is 385. The van der Waals surface area contributed by atoms with Gasteiger partial charge in [0.15, 0.2) is 0 Å². The van der Waals surface area contributed by atoms with E-state index >= 15 is 0 Å². The second-order valence-corrected chi connectivity index (χ2v) is 5.43. The van der Waals surface area contributed by atoms with Gasteiger partial charge in [0, 0.05) is 25.0 Å². The molecule has 1 N–H and O–H groups in total. The van der Waals surface area contributed by atoms with Crippen molar-refractivity contribution in [2.45, 2.75) is 53.1 Å². The van der Waals surface area contributed by atoms with Gasteiger partial charge in [-0.15, -0.1) is 0 Å². The van der Waals surface area contributed by atoms with Crippen LogP contribution in [0.25, 0.3) is 0 Å². The molecule has 1 aromatic heterocycles. The van der Waals surface area contributed by atoms with Crippen molar-refractivity contribution < 1.29 is 0 Å². The first-order valence-corrected chi connectivity index (χ1v) is 6.85. The third-order valence-corrected chi connectivity index (χ3v) is 3.23. The Morgan fingerprint density at radius 3 is 2.83 bits per heavy atom. The van der Waals surface area contributed by atoms with Gasteiger partial charge in [0.25, 0.3) is 0 Å². The molecule has 3 nitrogen and oxygen atoms in total. The highest BCUT2D eigenvalue weighted by molar-refractivity contribution is 5.06. The minimum Gasteiger partial charge on any atom is -0.350 e. The van der Waals surface area contributed by atoms with E-state index in [1.807, 2.05) is 13.8 Å².